The average Bonchev–Trinajstić information content (AvgIpc) is 2.85. The topological polar surface area (TPSA) is 49.4 Å². The van der Waals surface area contributed by atoms with E-state index >= 15 is 0 Å². The van der Waals surface area contributed by atoms with Crippen LogP contribution in [0.4, 0.5) is 4.39 Å². The van der Waals surface area contributed by atoms with Crippen LogP contribution in [0.1, 0.15) is 23.6 Å². The van der Waals surface area contributed by atoms with E-state index in [1.54, 1.807) is 23.1 Å². The highest BCUT2D eigenvalue weighted by Crippen LogP contribution is 2.25. The van der Waals surface area contributed by atoms with Gasteiger partial charge in [-0.25, -0.2) is 4.39 Å². The van der Waals surface area contributed by atoms with E-state index < -0.39 is 11.9 Å². The Hall–Kier alpha value is -2.54. The quantitative estimate of drug-likeness (QED) is 0.322. The minimum atomic E-state index is -0.737. The third kappa shape index (κ3) is 7.72. The van der Waals surface area contributed by atoms with E-state index in [9.17, 15) is 14.0 Å². The van der Waals surface area contributed by atoms with Crippen molar-refractivity contribution in [2.24, 2.45) is 0 Å². The molecule has 4 nitrogen and oxygen atoms in total. The number of rotatable bonds is 11. The SMILES string of the molecule is CCNC(=O)[C@@H](Cc1ccccc1)N(Cc1ccccc1Cl)C(=O)CSCc1c(F)cccc1Cl. The molecule has 0 radical (unpaired) electrons. The maximum absolute atomic E-state index is 14.2. The standard InChI is InChI=1S/C27H27Cl2FN2O2S/c1-2-31-27(34)25(15-19-9-4-3-5-10-19)32(16-20-11-6-7-12-22(20)28)26(33)18-35-17-21-23(29)13-8-14-24(21)30/h3-14,25H,2,15-18H2,1H3,(H,31,34)/t25-/m1/s1. The summed E-state index contributed by atoms with van der Waals surface area (Å²) in [4.78, 5) is 28.2. The third-order valence-corrected chi connectivity index (χ3v) is 7.12. The zero-order valence-corrected chi connectivity index (χ0v) is 21.7. The molecular weight excluding hydrogens is 506 g/mol. The summed E-state index contributed by atoms with van der Waals surface area (Å²) in [7, 11) is 0. The lowest BCUT2D eigenvalue weighted by molar-refractivity contribution is -0.139. The number of hydrogen-bond donors (Lipinski definition) is 1. The van der Waals surface area contributed by atoms with Gasteiger partial charge in [-0.1, -0.05) is 77.8 Å². The van der Waals surface area contributed by atoms with Crippen LogP contribution >= 0.6 is 35.0 Å². The predicted molar refractivity (Wildman–Crippen MR) is 142 cm³/mol. The molecule has 0 aromatic heterocycles. The van der Waals surface area contributed by atoms with Gasteiger partial charge in [-0.3, -0.25) is 9.59 Å². The van der Waals surface area contributed by atoms with Gasteiger partial charge in [0.25, 0.3) is 0 Å². The van der Waals surface area contributed by atoms with Crippen molar-refractivity contribution in [3.63, 3.8) is 0 Å². The summed E-state index contributed by atoms with van der Waals surface area (Å²) < 4.78 is 14.2. The average molecular weight is 533 g/mol. The smallest absolute Gasteiger partial charge is 0.243 e. The number of nitrogens with one attached hydrogen (secondary N) is 1. The number of benzene rings is 3. The molecule has 0 aliphatic heterocycles. The number of thioether (sulfide) groups is 1. The van der Waals surface area contributed by atoms with E-state index in [0.29, 0.717) is 28.6 Å². The molecule has 0 bridgehead atoms. The second-order valence-electron chi connectivity index (χ2n) is 7.91. The molecule has 0 aliphatic carbocycles. The van der Waals surface area contributed by atoms with Gasteiger partial charge in [-0.05, 0) is 36.2 Å². The molecule has 3 rings (SSSR count). The molecule has 3 aromatic carbocycles. The molecule has 0 aliphatic rings. The van der Waals surface area contributed by atoms with Crippen LogP contribution in [-0.2, 0) is 28.3 Å². The maximum atomic E-state index is 14.2. The van der Waals surface area contributed by atoms with Crippen LogP contribution in [0, 0.1) is 5.82 Å². The van der Waals surface area contributed by atoms with E-state index in [1.807, 2.05) is 55.5 Å². The Morgan fingerprint density at radius 3 is 2.34 bits per heavy atom. The van der Waals surface area contributed by atoms with Crippen molar-refractivity contribution in [2.45, 2.75) is 31.7 Å². The molecule has 0 spiro atoms. The van der Waals surface area contributed by atoms with Gasteiger partial charge in [-0.2, -0.15) is 0 Å². The first kappa shape index (κ1) is 27.1. The number of hydrogen-bond acceptors (Lipinski definition) is 3. The van der Waals surface area contributed by atoms with Crippen molar-refractivity contribution in [3.05, 3.63) is 105 Å². The zero-order chi connectivity index (χ0) is 25.2. The van der Waals surface area contributed by atoms with Crippen LogP contribution in [0.2, 0.25) is 10.0 Å². The van der Waals surface area contributed by atoms with E-state index in [2.05, 4.69) is 5.32 Å². The van der Waals surface area contributed by atoms with Crippen LogP contribution in [0.5, 0.6) is 0 Å². The molecule has 0 saturated carbocycles. The first-order chi connectivity index (χ1) is 16.9. The molecular formula is C27H27Cl2FN2O2S. The van der Waals surface area contributed by atoms with E-state index in [0.717, 1.165) is 11.1 Å². The Balaban J connectivity index is 1.86. The van der Waals surface area contributed by atoms with Gasteiger partial charge >= 0.3 is 0 Å². The van der Waals surface area contributed by atoms with Gasteiger partial charge in [0.1, 0.15) is 11.9 Å². The molecule has 0 heterocycles. The number of nitrogens with zero attached hydrogens (tertiary/aromatic N) is 1. The highest BCUT2D eigenvalue weighted by atomic mass is 35.5. The van der Waals surface area contributed by atoms with Crippen LogP contribution in [0.25, 0.3) is 0 Å². The lowest BCUT2D eigenvalue weighted by atomic mass is 10.0. The fourth-order valence-corrected chi connectivity index (χ4v) is 5.09. The fraction of sp³-hybridized carbons (Fsp3) is 0.259. The van der Waals surface area contributed by atoms with Gasteiger partial charge in [0.2, 0.25) is 11.8 Å². The molecule has 1 atom stereocenters. The summed E-state index contributed by atoms with van der Waals surface area (Å²) in [6, 6.07) is 20.6. The molecule has 8 heteroatoms. The fourth-order valence-electron chi connectivity index (χ4n) is 3.65. The highest BCUT2D eigenvalue weighted by Gasteiger charge is 2.30. The molecule has 0 unspecified atom stereocenters. The largest absolute Gasteiger partial charge is 0.355 e. The number of halogens is 3. The van der Waals surface area contributed by atoms with Crippen LogP contribution in [0.15, 0.2) is 72.8 Å². The molecule has 0 fully saturated rings. The van der Waals surface area contributed by atoms with Crippen LogP contribution in [-0.4, -0.2) is 35.1 Å². The summed E-state index contributed by atoms with van der Waals surface area (Å²) in [5.74, 6) is -0.593. The summed E-state index contributed by atoms with van der Waals surface area (Å²) in [6.07, 6.45) is 0.354. The Labute approximate surface area is 219 Å². The number of likely N-dealkylation sites (N-methyl/N-ethyl adjacent to an activating group) is 1. The molecule has 184 valence electrons. The zero-order valence-electron chi connectivity index (χ0n) is 19.3. The minimum absolute atomic E-state index is 0.0554. The van der Waals surface area contributed by atoms with Crippen molar-refractivity contribution in [2.75, 3.05) is 12.3 Å². The molecule has 35 heavy (non-hydrogen) atoms. The van der Waals surface area contributed by atoms with E-state index in [1.165, 1.54) is 17.8 Å². The van der Waals surface area contributed by atoms with Gasteiger partial charge in [0.15, 0.2) is 0 Å². The Morgan fingerprint density at radius 2 is 1.66 bits per heavy atom. The van der Waals surface area contributed by atoms with Gasteiger partial charge in [0.05, 0.1) is 5.75 Å². The first-order valence-electron chi connectivity index (χ1n) is 11.3. The second kappa shape index (κ2) is 13.5. The summed E-state index contributed by atoms with van der Waals surface area (Å²) in [6.45, 7) is 2.46. The van der Waals surface area contributed by atoms with Crippen molar-refractivity contribution >= 4 is 46.8 Å². The molecule has 1 N–H and O–H groups in total. The predicted octanol–water partition coefficient (Wildman–Crippen LogP) is 6.14. The number of carbonyl (C=O) groups excluding carboxylic acids is 2. The first-order valence-corrected chi connectivity index (χ1v) is 13.2. The minimum Gasteiger partial charge on any atom is -0.355 e. The molecule has 0 saturated heterocycles. The number of amides is 2. The molecule has 2 amide bonds. The van der Waals surface area contributed by atoms with Gasteiger partial charge < -0.3 is 10.2 Å². The summed E-state index contributed by atoms with van der Waals surface area (Å²) in [5, 5.41) is 3.70. The summed E-state index contributed by atoms with van der Waals surface area (Å²) >= 11 is 13.8. The Kier molecular flexibility index (Phi) is 10.5. The third-order valence-electron chi connectivity index (χ3n) is 5.45. The Bertz CT molecular complexity index is 1130. The molecule has 3 aromatic rings. The van der Waals surface area contributed by atoms with Crippen LogP contribution < -0.4 is 5.32 Å². The Morgan fingerprint density at radius 1 is 0.971 bits per heavy atom. The van der Waals surface area contributed by atoms with Crippen LogP contribution in [0.3, 0.4) is 0 Å². The lowest BCUT2D eigenvalue weighted by Gasteiger charge is -2.31. The maximum Gasteiger partial charge on any atom is 0.243 e. The monoisotopic (exact) mass is 532 g/mol. The highest BCUT2D eigenvalue weighted by molar-refractivity contribution is 7.99. The second-order valence-corrected chi connectivity index (χ2v) is 9.71. The lowest BCUT2D eigenvalue weighted by Crippen LogP contribution is -2.51. The normalized spacial score (nSPS) is 11.7. The van der Waals surface area contributed by atoms with E-state index in [4.69, 9.17) is 23.2 Å². The van der Waals surface area contributed by atoms with Gasteiger partial charge in [-0.15, -0.1) is 11.8 Å². The van der Waals surface area contributed by atoms with Crippen molar-refractivity contribution in [1.29, 1.82) is 0 Å². The van der Waals surface area contributed by atoms with Crippen molar-refractivity contribution < 1.29 is 14.0 Å². The van der Waals surface area contributed by atoms with Crippen molar-refractivity contribution in [3.8, 4) is 0 Å². The van der Waals surface area contributed by atoms with Crippen molar-refractivity contribution in [1.82, 2.24) is 10.2 Å². The van der Waals surface area contributed by atoms with E-state index in [-0.39, 0.29) is 29.9 Å². The summed E-state index contributed by atoms with van der Waals surface area (Å²) in [5.41, 5.74) is 2.03. The van der Waals surface area contributed by atoms with Gasteiger partial charge in [0, 0.05) is 40.9 Å². The number of carbonyl (C=O) groups is 2.